The lowest BCUT2D eigenvalue weighted by Crippen LogP contribution is -2.50. The lowest BCUT2D eigenvalue weighted by Gasteiger charge is -2.43. The van der Waals surface area contributed by atoms with Gasteiger partial charge in [-0.05, 0) is 43.7 Å². The van der Waals surface area contributed by atoms with Gasteiger partial charge in [0.2, 0.25) is 5.91 Å². The number of hydrogen-bond donors (Lipinski definition) is 2. The van der Waals surface area contributed by atoms with E-state index in [2.05, 4.69) is 5.32 Å². The van der Waals surface area contributed by atoms with Crippen LogP contribution in [0.25, 0.3) is 0 Å². The number of halogens is 1. The first-order valence-electron chi connectivity index (χ1n) is 9.90. The van der Waals surface area contributed by atoms with Crippen molar-refractivity contribution in [1.82, 2.24) is 5.32 Å². The number of hydrogen-bond acceptors (Lipinski definition) is 4. The van der Waals surface area contributed by atoms with Crippen LogP contribution in [-0.4, -0.2) is 29.1 Å². The molecule has 0 aromatic heterocycles. The molecule has 1 saturated heterocycles. The number of ether oxygens (including phenoxy) is 2. The zero-order chi connectivity index (χ0) is 21.9. The van der Waals surface area contributed by atoms with Crippen LogP contribution in [0.15, 0.2) is 42.5 Å². The van der Waals surface area contributed by atoms with E-state index in [0.29, 0.717) is 30.2 Å². The van der Waals surface area contributed by atoms with Gasteiger partial charge in [-0.25, -0.2) is 4.79 Å². The SMILES string of the molecule is CCOc1cc(C(=O)O)ccc1[C@H]1C[C@@](C)(NC(C)=O)C[C@@H](c2cccc(Cl)c2)O1. The molecule has 1 fully saturated rings. The van der Waals surface area contributed by atoms with Gasteiger partial charge in [0.15, 0.2) is 0 Å². The fourth-order valence-corrected chi connectivity index (χ4v) is 4.22. The summed E-state index contributed by atoms with van der Waals surface area (Å²) in [6, 6.07) is 12.3. The molecule has 3 atom stereocenters. The van der Waals surface area contributed by atoms with Gasteiger partial charge in [-0.15, -0.1) is 0 Å². The number of carboxylic acid groups (broad SMARTS) is 1. The molecule has 0 saturated carbocycles. The van der Waals surface area contributed by atoms with E-state index in [9.17, 15) is 14.7 Å². The van der Waals surface area contributed by atoms with Crippen LogP contribution in [-0.2, 0) is 9.53 Å². The standard InChI is InChI=1S/C23H26ClNO5/c1-4-29-19-11-16(22(27)28)8-9-18(19)21-13-23(3,25-14(2)26)12-20(30-21)15-6-5-7-17(24)10-15/h5-11,20-21H,4,12-13H2,1-3H3,(H,25,26)(H,27,28)/t20-,21+,23-/m0/s1. The van der Waals surface area contributed by atoms with Crippen LogP contribution in [0.4, 0.5) is 0 Å². The normalized spacial score (nSPS) is 23.6. The number of amides is 1. The molecule has 2 aromatic rings. The third kappa shape index (κ3) is 5.12. The number of carbonyl (C=O) groups excluding carboxylic acids is 1. The lowest BCUT2D eigenvalue weighted by molar-refractivity contribution is -0.126. The lowest BCUT2D eigenvalue weighted by atomic mass is 9.81. The molecular formula is C23H26ClNO5. The first-order valence-corrected chi connectivity index (χ1v) is 10.3. The third-order valence-electron chi connectivity index (χ3n) is 5.21. The first kappa shape index (κ1) is 22.1. The van der Waals surface area contributed by atoms with Gasteiger partial charge in [0, 0.05) is 35.9 Å². The molecule has 1 heterocycles. The molecule has 2 aromatic carbocycles. The third-order valence-corrected chi connectivity index (χ3v) is 5.44. The largest absolute Gasteiger partial charge is 0.493 e. The van der Waals surface area contributed by atoms with Crippen molar-refractivity contribution in [3.05, 3.63) is 64.2 Å². The monoisotopic (exact) mass is 431 g/mol. The van der Waals surface area contributed by atoms with Gasteiger partial charge in [-0.1, -0.05) is 29.8 Å². The van der Waals surface area contributed by atoms with E-state index in [-0.39, 0.29) is 17.6 Å². The van der Waals surface area contributed by atoms with Crippen LogP contribution in [0, 0.1) is 0 Å². The number of aromatic carboxylic acids is 1. The summed E-state index contributed by atoms with van der Waals surface area (Å²) in [4.78, 5) is 23.3. The summed E-state index contributed by atoms with van der Waals surface area (Å²) in [6.07, 6.45) is 0.411. The highest BCUT2D eigenvalue weighted by atomic mass is 35.5. The summed E-state index contributed by atoms with van der Waals surface area (Å²) in [6.45, 7) is 5.73. The molecule has 0 unspecified atom stereocenters. The zero-order valence-corrected chi connectivity index (χ0v) is 18.0. The highest BCUT2D eigenvalue weighted by Crippen LogP contribution is 2.46. The summed E-state index contributed by atoms with van der Waals surface area (Å²) < 4.78 is 12.2. The molecule has 0 radical (unpaired) electrons. The Bertz CT molecular complexity index is 947. The Morgan fingerprint density at radius 1 is 1.23 bits per heavy atom. The molecule has 1 aliphatic heterocycles. The Kier molecular flexibility index (Phi) is 6.68. The van der Waals surface area contributed by atoms with Crippen molar-refractivity contribution in [1.29, 1.82) is 0 Å². The van der Waals surface area contributed by atoms with Crippen LogP contribution in [0.5, 0.6) is 5.75 Å². The predicted molar refractivity (Wildman–Crippen MR) is 114 cm³/mol. The smallest absolute Gasteiger partial charge is 0.335 e. The minimum absolute atomic E-state index is 0.116. The zero-order valence-electron chi connectivity index (χ0n) is 17.3. The molecule has 1 aliphatic rings. The van der Waals surface area contributed by atoms with Crippen molar-refractivity contribution >= 4 is 23.5 Å². The Morgan fingerprint density at radius 2 is 1.97 bits per heavy atom. The number of carbonyl (C=O) groups is 2. The quantitative estimate of drug-likeness (QED) is 0.677. The van der Waals surface area contributed by atoms with Crippen molar-refractivity contribution in [2.24, 2.45) is 0 Å². The Balaban J connectivity index is 2.02. The second kappa shape index (κ2) is 9.06. The van der Waals surface area contributed by atoms with E-state index in [0.717, 1.165) is 11.1 Å². The molecule has 0 bridgehead atoms. The maximum Gasteiger partial charge on any atom is 0.335 e. The van der Waals surface area contributed by atoms with Crippen molar-refractivity contribution < 1.29 is 24.2 Å². The molecule has 2 N–H and O–H groups in total. The summed E-state index contributed by atoms with van der Waals surface area (Å²) in [7, 11) is 0. The minimum Gasteiger partial charge on any atom is -0.493 e. The average molecular weight is 432 g/mol. The Labute approximate surface area is 181 Å². The predicted octanol–water partition coefficient (Wildman–Crippen LogP) is 4.92. The van der Waals surface area contributed by atoms with E-state index < -0.39 is 17.6 Å². The van der Waals surface area contributed by atoms with E-state index in [1.165, 1.54) is 13.0 Å². The van der Waals surface area contributed by atoms with E-state index in [1.54, 1.807) is 18.2 Å². The first-order chi connectivity index (χ1) is 14.2. The second-order valence-corrected chi connectivity index (χ2v) is 8.25. The fourth-order valence-electron chi connectivity index (χ4n) is 4.02. The minimum atomic E-state index is -1.02. The number of benzene rings is 2. The molecule has 0 spiro atoms. The van der Waals surface area contributed by atoms with Crippen LogP contribution in [0.2, 0.25) is 5.02 Å². The van der Waals surface area contributed by atoms with Crippen molar-refractivity contribution in [2.45, 2.75) is 51.4 Å². The van der Waals surface area contributed by atoms with Crippen molar-refractivity contribution in [3.63, 3.8) is 0 Å². The highest BCUT2D eigenvalue weighted by Gasteiger charge is 2.40. The molecule has 1 amide bonds. The average Bonchev–Trinajstić information content (AvgIpc) is 2.66. The van der Waals surface area contributed by atoms with E-state index >= 15 is 0 Å². The topological polar surface area (TPSA) is 84.9 Å². The number of rotatable bonds is 6. The van der Waals surface area contributed by atoms with Crippen LogP contribution < -0.4 is 10.1 Å². The molecule has 6 nitrogen and oxygen atoms in total. The molecule has 3 rings (SSSR count). The fraction of sp³-hybridized carbons (Fsp3) is 0.391. The van der Waals surface area contributed by atoms with Gasteiger partial charge in [-0.2, -0.15) is 0 Å². The summed E-state index contributed by atoms with van der Waals surface area (Å²) in [5.74, 6) is -0.666. The maximum absolute atomic E-state index is 11.9. The molecule has 30 heavy (non-hydrogen) atoms. The van der Waals surface area contributed by atoms with Gasteiger partial charge >= 0.3 is 5.97 Å². The van der Waals surface area contributed by atoms with Gasteiger partial charge in [0.05, 0.1) is 24.4 Å². The Hall–Kier alpha value is -2.57. The van der Waals surface area contributed by atoms with Gasteiger partial charge in [0.1, 0.15) is 5.75 Å². The summed E-state index contributed by atoms with van der Waals surface area (Å²) in [5, 5.41) is 13.0. The van der Waals surface area contributed by atoms with Crippen LogP contribution in [0.3, 0.4) is 0 Å². The van der Waals surface area contributed by atoms with E-state index in [4.69, 9.17) is 21.1 Å². The molecular weight excluding hydrogens is 406 g/mol. The van der Waals surface area contributed by atoms with E-state index in [1.807, 2.05) is 32.0 Å². The van der Waals surface area contributed by atoms with Crippen LogP contribution >= 0.6 is 11.6 Å². The summed E-state index contributed by atoms with van der Waals surface area (Å²) in [5.41, 5.74) is 1.31. The van der Waals surface area contributed by atoms with Crippen LogP contribution in [0.1, 0.15) is 67.3 Å². The van der Waals surface area contributed by atoms with Gasteiger partial charge in [0.25, 0.3) is 0 Å². The second-order valence-electron chi connectivity index (χ2n) is 7.81. The highest BCUT2D eigenvalue weighted by molar-refractivity contribution is 6.30. The maximum atomic E-state index is 11.9. The molecule has 7 heteroatoms. The van der Waals surface area contributed by atoms with Crippen molar-refractivity contribution in [2.75, 3.05) is 6.61 Å². The van der Waals surface area contributed by atoms with Gasteiger partial charge < -0.3 is 19.9 Å². The number of carboxylic acids is 1. The number of nitrogens with one attached hydrogen (secondary N) is 1. The Morgan fingerprint density at radius 3 is 2.60 bits per heavy atom. The van der Waals surface area contributed by atoms with Crippen molar-refractivity contribution in [3.8, 4) is 5.75 Å². The summed E-state index contributed by atoms with van der Waals surface area (Å²) >= 11 is 6.19. The molecule has 160 valence electrons. The van der Waals surface area contributed by atoms with Gasteiger partial charge in [-0.3, -0.25) is 4.79 Å². The molecule has 0 aliphatic carbocycles.